The molecule has 0 bridgehead atoms. The fourth-order valence-electron chi connectivity index (χ4n) is 5.78. The Kier molecular flexibility index (Phi) is 14.8. The molecule has 1 amide bonds. The molecular weight excluding hydrogens is 582 g/mol. The third kappa shape index (κ3) is 12.3. The zero-order chi connectivity index (χ0) is 33.9. The number of allylic oxidation sites excluding steroid dienone is 3. The first-order valence-electron chi connectivity index (χ1n) is 16.0. The molecule has 0 aromatic rings. The maximum atomic E-state index is 13.1. The third-order valence-electron chi connectivity index (χ3n) is 8.51. The summed E-state index contributed by atoms with van der Waals surface area (Å²) in [5, 5.41) is 11.2. The van der Waals surface area contributed by atoms with Crippen LogP contribution in [0.25, 0.3) is 0 Å². The van der Waals surface area contributed by atoms with Crippen LogP contribution in [0.5, 0.6) is 0 Å². The van der Waals surface area contributed by atoms with Crippen LogP contribution in [0, 0.1) is 23.7 Å². The summed E-state index contributed by atoms with van der Waals surface area (Å²) < 4.78 is 27.7. The van der Waals surface area contributed by atoms with Crippen LogP contribution >= 0.6 is 0 Å². The molecule has 1 fully saturated rings. The van der Waals surface area contributed by atoms with E-state index >= 15 is 0 Å². The number of carbonyl (C=O) groups excluding carboxylic acids is 4. The van der Waals surface area contributed by atoms with Gasteiger partial charge < -0.3 is 34.5 Å². The van der Waals surface area contributed by atoms with Crippen molar-refractivity contribution in [2.75, 3.05) is 6.61 Å². The van der Waals surface area contributed by atoms with Gasteiger partial charge in [-0.05, 0) is 64.0 Å². The van der Waals surface area contributed by atoms with Gasteiger partial charge in [0.05, 0.1) is 31.2 Å². The molecule has 10 atom stereocenters. The molecule has 0 radical (unpaired) electrons. The zero-order valence-corrected chi connectivity index (χ0v) is 28.0. The fraction of sp³-hybridized carbons (Fsp3) is 0.706. The summed E-state index contributed by atoms with van der Waals surface area (Å²) in [7, 11) is 0. The number of cyclic esters (lactones) is 1. The Morgan fingerprint density at radius 1 is 1.20 bits per heavy atom. The highest BCUT2D eigenvalue weighted by molar-refractivity contribution is 5.80. The van der Waals surface area contributed by atoms with Crippen LogP contribution in [0.3, 0.4) is 0 Å². The first kappa shape index (κ1) is 38.0. The van der Waals surface area contributed by atoms with E-state index < -0.39 is 47.7 Å². The van der Waals surface area contributed by atoms with Crippen LogP contribution < -0.4 is 5.73 Å². The van der Waals surface area contributed by atoms with Gasteiger partial charge >= 0.3 is 24.0 Å². The molecule has 0 aliphatic carbocycles. The Balaban J connectivity index is 2.20. The molecule has 0 aromatic heterocycles. The van der Waals surface area contributed by atoms with E-state index in [1.807, 2.05) is 45.9 Å². The number of esters is 3. The number of rotatable bonds is 12. The summed E-state index contributed by atoms with van der Waals surface area (Å²) >= 11 is 0. The Morgan fingerprint density at radius 3 is 2.49 bits per heavy atom. The van der Waals surface area contributed by atoms with Crippen molar-refractivity contribution in [3.05, 3.63) is 36.0 Å². The SMILES string of the molecule is CCOC(=O)C1CCC(C)(O)C(OC(C)=O)C=CC(C)C(C(C)=CC=CC(C)CC2OC2C(C)C(CC)OC(N)=O)OC(=O)C1. The van der Waals surface area contributed by atoms with Crippen LogP contribution in [-0.4, -0.2) is 71.8 Å². The van der Waals surface area contributed by atoms with Crippen molar-refractivity contribution in [2.24, 2.45) is 29.4 Å². The number of epoxide rings is 1. The highest BCUT2D eigenvalue weighted by atomic mass is 16.6. The third-order valence-corrected chi connectivity index (χ3v) is 8.51. The topological polar surface area (TPSA) is 164 Å². The van der Waals surface area contributed by atoms with Crippen LogP contribution in [0.15, 0.2) is 36.0 Å². The van der Waals surface area contributed by atoms with Crippen molar-refractivity contribution >= 4 is 24.0 Å². The molecule has 45 heavy (non-hydrogen) atoms. The molecule has 0 aromatic carbocycles. The lowest BCUT2D eigenvalue weighted by Crippen LogP contribution is -2.42. The summed E-state index contributed by atoms with van der Waals surface area (Å²) in [4.78, 5) is 48.8. The highest BCUT2D eigenvalue weighted by Gasteiger charge is 2.46. The second-order valence-electron chi connectivity index (χ2n) is 12.6. The molecule has 10 unspecified atom stereocenters. The monoisotopic (exact) mass is 635 g/mol. The van der Waals surface area contributed by atoms with E-state index in [2.05, 4.69) is 6.92 Å². The number of nitrogens with two attached hydrogens (primary N) is 1. The van der Waals surface area contributed by atoms with Gasteiger partial charge in [-0.2, -0.15) is 0 Å². The number of carbonyl (C=O) groups is 4. The fourth-order valence-corrected chi connectivity index (χ4v) is 5.78. The van der Waals surface area contributed by atoms with Gasteiger partial charge in [0.2, 0.25) is 0 Å². The number of aliphatic hydroxyl groups is 1. The summed E-state index contributed by atoms with van der Waals surface area (Å²) in [5.74, 6) is -2.59. The smallest absolute Gasteiger partial charge is 0.404 e. The van der Waals surface area contributed by atoms with Gasteiger partial charge in [0.15, 0.2) is 0 Å². The predicted octanol–water partition coefficient (Wildman–Crippen LogP) is 4.94. The minimum absolute atomic E-state index is 0.000665. The molecule has 2 aliphatic heterocycles. The maximum Gasteiger partial charge on any atom is 0.404 e. The van der Waals surface area contributed by atoms with Crippen LogP contribution in [0.4, 0.5) is 4.79 Å². The second kappa shape index (κ2) is 17.5. The molecule has 254 valence electrons. The number of hydrogen-bond donors (Lipinski definition) is 2. The lowest BCUT2D eigenvalue weighted by atomic mass is 9.86. The van der Waals surface area contributed by atoms with Gasteiger partial charge in [0.25, 0.3) is 0 Å². The summed E-state index contributed by atoms with van der Waals surface area (Å²) in [6, 6.07) is 0. The van der Waals surface area contributed by atoms with Gasteiger partial charge in [-0.3, -0.25) is 14.4 Å². The van der Waals surface area contributed by atoms with Crippen molar-refractivity contribution < 1.29 is 48.0 Å². The Morgan fingerprint density at radius 2 is 1.89 bits per heavy atom. The number of ether oxygens (including phenoxy) is 5. The molecule has 11 nitrogen and oxygen atoms in total. The molecule has 2 aliphatic rings. The van der Waals surface area contributed by atoms with Crippen LogP contribution in [0.1, 0.15) is 87.5 Å². The lowest BCUT2D eigenvalue weighted by molar-refractivity contribution is -0.161. The summed E-state index contributed by atoms with van der Waals surface area (Å²) in [6.07, 6.45) is 8.06. The lowest BCUT2D eigenvalue weighted by Gasteiger charge is -2.32. The number of hydrogen-bond acceptors (Lipinski definition) is 10. The molecule has 2 heterocycles. The predicted molar refractivity (Wildman–Crippen MR) is 168 cm³/mol. The molecule has 0 saturated carbocycles. The largest absolute Gasteiger partial charge is 0.466 e. The zero-order valence-electron chi connectivity index (χ0n) is 28.0. The standard InChI is InChI=1S/C34H53NO10/c1-9-26(44-33(35)39)23(6)31-27(43-31)18-20(3)12-11-13-21(4)30-22(5)14-15-28(42-24(7)36)34(8,40)17-16-25(19-29(37)45-30)32(38)41-10-2/h11-15,20,22-23,25-28,30-31,40H,9-10,16-19H2,1-8H3,(H2,35,39). The van der Waals surface area contributed by atoms with Gasteiger partial charge in [0.1, 0.15) is 23.9 Å². The Labute approximate surface area is 267 Å². The molecule has 3 N–H and O–H groups in total. The Hall–Kier alpha value is -3.18. The van der Waals surface area contributed by atoms with E-state index in [0.29, 0.717) is 6.42 Å². The van der Waals surface area contributed by atoms with E-state index in [4.69, 9.17) is 29.4 Å². The first-order valence-corrected chi connectivity index (χ1v) is 16.0. The Bertz CT molecular complexity index is 1110. The normalized spacial score (nSPS) is 31.5. The van der Waals surface area contributed by atoms with Gasteiger partial charge in [0, 0.05) is 18.8 Å². The minimum Gasteiger partial charge on any atom is -0.466 e. The highest BCUT2D eigenvalue weighted by Crippen LogP contribution is 2.37. The molecule has 0 spiro atoms. The van der Waals surface area contributed by atoms with Crippen molar-refractivity contribution in [1.82, 2.24) is 0 Å². The molecular formula is C34H53NO10. The van der Waals surface area contributed by atoms with E-state index in [-0.39, 0.29) is 61.9 Å². The van der Waals surface area contributed by atoms with Crippen molar-refractivity contribution in [2.45, 2.75) is 124 Å². The van der Waals surface area contributed by atoms with E-state index in [9.17, 15) is 24.3 Å². The average Bonchev–Trinajstić information content (AvgIpc) is 3.72. The average molecular weight is 636 g/mol. The molecule has 2 rings (SSSR count). The van der Waals surface area contributed by atoms with Crippen molar-refractivity contribution in [1.29, 1.82) is 0 Å². The molecule has 11 heteroatoms. The number of primary amides is 1. The quantitative estimate of drug-likeness (QED) is 0.0987. The van der Waals surface area contributed by atoms with Crippen LogP contribution in [0.2, 0.25) is 0 Å². The first-order chi connectivity index (χ1) is 21.1. The summed E-state index contributed by atoms with van der Waals surface area (Å²) in [6.45, 7) is 14.4. The van der Waals surface area contributed by atoms with E-state index in [0.717, 1.165) is 12.0 Å². The number of amides is 1. The summed E-state index contributed by atoms with van der Waals surface area (Å²) in [5.41, 5.74) is 4.49. The van der Waals surface area contributed by atoms with Crippen molar-refractivity contribution in [3.63, 3.8) is 0 Å². The molecule has 1 saturated heterocycles. The second-order valence-corrected chi connectivity index (χ2v) is 12.6. The van der Waals surface area contributed by atoms with Gasteiger partial charge in [-0.25, -0.2) is 4.79 Å². The minimum atomic E-state index is -1.48. The maximum absolute atomic E-state index is 13.1. The van der Waals surface area contributed by atoms with E-state index in [1.165, 1.54) is 6.92 Å². The van der Waals surface area contributed by atoms with Crippen molar-refractivity contribution in [3.8, 4) is 0 Å². The van der Waals surface area contributed by atoms with Crippen LogP contribution in [-0.2, 0) is 38.1 Å². The van der Waals surface area contributed by atoms with E-state index in [1.54, 1.807) is 26.0 Å². The van der Waals surface area contributed by atoms with Gasteiger partial charge in [-0.1, -0.05) is 52.0 Å². The van der Waals surface area contributed by atoms with Gasteiger partial charge in [-0.15, -0.1) is 0 Å².